The van der Waals surface area contributed by atoms with E-state index in [1.807, 2.05) is 31.2 Å². The fraction of sp³-hybridized carbons (Fsp3) is 0.182. The SMILES string of the molecule is Cc1ccc(C2=NN(C(=O)COc3cc(F)ccc3[N+](=O)[O-])C(c3ccco3)C2)cc1. The Labute approximate surface area is 176 Å². The molecule has 1 atom stereocenters. The highest BCUT2D eigenvalue weighted by molar-refractivity contribution is 6.03. The zero-order chi connectivity index (χ0) is 22.0. The van der Waals surface area contributed by atoms with E-state index in [4.69, 9.17) is 9.15 Å². The predicted octanol–water partition coefficient (Wildman–Crippen LogP) is 4.39. The highest BCUT2D eigenvalue weighted by Crippen LogP contribution is 2.34. The average molecular weight is 423 g/mol. The first kappa shape index (κ1) is 20.3. The summed E-state index contributed by atoms with van der Waals surface area (Å²) < 4.78 is 24.3. The number of hydrogen-bond donors (Lipinski definition) is 0. The van der Waals surface area contributed by atoms with Crippen molar-refractivity contribution in [3.8, 4) is 5.75 Å². The number of halogens is 1. The van der Waals surface area contributed by atoms with Gasteiger partial charge >= 0.3 is 5.69 Å². The van der Waals surface area contributed by atoms with Gasteiger partial charge in [0, 0.05) is 18.6 Å². The number of carbonyl (C=O) groups excluding carboxylic acids is 1. The summed E-state index contributed by atoms with van der Waals surface area (Å²) in [6.07, 6.45) is 1.94. The number of hydrazone groups is 1. The summed E-state index contributed by atoms with van der Waals surface area (Å²) >= 11 is 0. The van der Waals surface area contributed by atoms with Crippen molar-refractivity contribution in [2.75, 3.05) is 6.61 Å². The van der Waals surface area contributed by atoms with Gasteiger partial charge in [-0.1, -0.05) is 29.8 Å². The first-order valence-electron chi connectivity index (χ1n) is 9.49. The molecule has 2 heterocycles. The molecular formula is C22H18FN3O5. The first-order chi connectivity index (χ1) is 14.9. The van der Waals surface area contributed by atoms with Crippen LogP contribution in [0, 0.1) is 22.9 Å². The number of hydrogen-bond acceptors (Lipinski definition) is 6. The Kier molecular flexibility index (Phi) is 5.48. The molecule has 8 nitrogen and oxygen atoms in total. The molecule has 1 aliphatic rings. The normalized spacial score (nSPS) is 15.6. The van der Waals surface area contributed by atoms with Crippen LogP contribution in [0.5, 0.6) is 5.75 Å². The van der Waals surface area contributed by atoms with Crippen LogP contribution >= 0.6 is 0 Å². The lowest BCUT2D eigenvalue weighted by Gasteiger charge is -2.19. The van der Waals surface area contributed by atoms with Crippen molar-refractivity contribution in [2.24, 2.45) is 5.10 Å². The molecule has 1 aliphatic heterocycles. The fourth-order valence-electron chi connectivity index (χ4n) is 3.32. The molecule has 0 spiro atoms. The maximum Gasteiger partial charge on any atom is 0.311 e. The molecular weight excluding hydrogens is 405 g/mol. The number of furan rings is 1. The van der Waals surface area contributed by atoms with Gasteiger partial charge in [0.25, 0.3) is 5.91 Å². The lowest BCUT2D eigenvalue weighted by Crippen LogP contribution is -2.31. The number of benzene rings is 2. The summed E-state index contributed by atoms with van der Waals surface area (Å²) in [5, 5.41) is 16.9. The van der Waals surface area contributed by atoms with Gasteiger partial charge in [0.05, 0.1) is 16.9 Å². The molecule has 2 aromatic carbocycles. The van der Waals surface area contributed by atoms with Crippen LogP contribution in [0.1, 0.15) is 29.3 Å². The maximum atomic E-state index is 13.5. The van der Waals surface area contributed by atoms with Gasteiger partial charge < -0.3 is 9.15 Å². The van der Waals surface area contributed by atoms with E-state index in [1.54, 1.807) is 12.1 Å². The Morgan fingerprint density at radius 1 is 1.29 bits per heavy atom. The smallest absolute Gasteiger partial charge is 0.311 e. The molecule has 0 aliphatic carbocycles. The zero-order valence-corrected chi connectivity index (χ0v) is 16.5. The van der Waals surface area contributed by atoms with E-state index in [2.05, 4.69) is 5.10 Å². The largest absolute Gasteiger partial charge is 0.477 e. The summed E-state index contributed by atoms with van der Waals surface area (Å²) in [5.41, 5.74) is 2.25. The van der Waals surface area contributed by atoms with Crippen LogP contribution in [0.15, 0.2) is 70.4 Å². The summed E-state index contributed by atoms with van der Waals surface area (Å²) in [6.45, 7) is 1.43. The van der Waals surface area contributed by atoms with Crippen LogP contribution in [0.2, 0.25) is 0 Å². The second-order valence-corrected chi connectivity index (χ2v) is 7.04. The molecule has 31 heavy (non-hydrogen) atoms. The van der Waals surface area contributed by atoms with E-state index in [0.717, 1.165) is 29.3 Å². The second-order valence-electron chi connectivity index (χ2n) is 7.04. The Bertz CT molecular complexity index is 1140. The highest BCUT2D eigenvalue weighted by atomic mass is 19.1. The molecule has 158 valence electrons. The third kappa shape index (κ3) is 4.30. The molecule has 1 unspecified atom stereocenters. The molecule has 0 fully saturated rings. The van der Waals surface area contributed by atoms with Gasteiger partial charge in [0.2, 0.25) is 5.75 Å². The Morgan fingerprint density at radius 3 is 2.74 bits per heavy atom. The molecule has 0 radical (unpaired) electrons. The number of rotatable bonds is 6. The maximum absolute atomic E-state index is 13.5. The number of carbonyl (C=O) groups is 1. The van der Waals surface area contributed by atoms with Gasteiger partial charge in [-0.15, -0.1) is 0 Å². The Morgan fingerprint density at radius 2 is 2.06 bits per heavy atom. The second kappa shape index (κ2) is 8.39. The van der Waals surface area contributed by atoms with Crippen molar-refractivity contribution in [1.29, 1.82) is 0 Å². The van der Waals surface area contributed by atoms with Crippen LogP contribution in [-0.2, 0) is 4.79 Å². The van der Waals surface area contributed by atoms with E-state index < -0.39 is 35.0 Å². The van der Waals surface area contributed by atoms with Gasteiger partial charge in [0.1, 0.15) is 17.6 Å². The van der Waals surface area contributed by atoms with E-state index in [1.165, 1.54) is 11.3 Å². The fourth-order valence-corrected chi connectivity index (χ4v) is 3.32. The van der Waals surface area contributed by atoms with E-state index in [0.29, 0.717) is 17.9 Å². The number of nitro benzene ring substituents is 1. The minimum absolute atomic E-state index is 0.324. The standard InChI is InChI=1S/C22H18FN3O5/c1-14-4-6-15(7-5-14)17-12-19(20-3-2-10-30-20)25(24-17)22(27)13-31-21-11-16(23)8-9-18(21)26(28)29/h2-11,19H,12-13H2,1H3. The zero-order valence-electron chi connectivity index (χ0n) is 16.5. The van der Waals surface area contributed by atoms with Crippen molar-refractivity contribution < 1.29 is 23.3 Å². The molecule has 1 amide bonds. The Hall–Kier alpha value is -4.01. The molecule has 9 heteroatoms. The minimum atomic E-state index is -0.706. The minimum Gasteiger partial charge on any atom is -0.477 e. The molecule has 4 rings (SSSR count). The van der Waals surface area contributed by atoms with Gasteiger partial charge in [0.15, 0.2) is 6.61 Å². The molecule has 0 N–H and O–H groups in total. The van der Waals surface area contributed by atoms with Gasteiger partial charge in [-0.25, -0.2) is 9.40 Å². The molecule has 0 saturated heterocycles. The lowest BCUT2D eigenvalue weighted by atomic mass is 10.0. The lowest BCUT2D eigenvalue weighted by molar-refractivity contribution is -0.385. The monoisotopic (exact) mass is 423 g/mol. The number of aryl methyl sites for hydroxylation is 1. The third-order valence-corrected chi connectivity index (χ3v) is 4.89. The quantitative estimate of drug-likeness (QED) is 0.433. The highest BCUT2D eigenvalue weighted by Gasteiger charge is 2.35. The van der Waals surface area contributed by atoms with E-state index >= 15 is 0 Å². The number of nitrogens with zero attached hydrogens (tertiary/aromatic N) is 3. The van der Waals surface area contributed by atoms with Crippen LogP contribution in [0.4, 0.5) is 10.1 Å². The summed E-state index contributed by atoms with van der Waals surface area (Å²) in [6, 6.07) is 13.6. The molecule has 3 aromatic rings. The van der Waals surface area contributed by atoms with E-state index in [-0.39, 0.29) is 5.75 Å². The van der Waals surface area contributed by atoms with Crippen LogP contribution in [0.25, 0.3) is 0 Å². The van der Waals surface area contributed by atoms with E-state index in [9.17, 15) is 19.3 Å². The first-order valence-corrected chi connectivity index (χ1v) is 9.49. The number of amides is 1. The molecule has 0 bridgehead atoms. The molecule has 1 aromatic heterocycles. The average Bonchev–Trinajstić information content (AvgIpc) is 3.42. The van der Waals surface area contributed by atoms with Gasteiger partial charge in [-0.2, -0.15) is 5.10 Å². The van der Waals surface area contributed by atoms with Gasteiger partial charge in [-0.3, -0.25) is 14.9 Å². The van der Waals surface area contributed by atoms with Crippen molar-refractivity contribution in [2.45, 2.75) is 19.4 Å². The van der Waals surface area contributed by atoms with Crippen molar-refractivity contribution >= 4 is 17.3 Å². The third-order valence-electron chi connectivity index (χ3n) is 4.89. The van der Waals surface area contributed by atoms with Crippen molar-refractivity contribution in [3.05, 3.63) is 93.7 Å². The van der Waals surface area contributed by atoms with Crippen LogP contribution in [0.3, 0.4) is 0 Å². The molecule has 0 saturated carbocycles. The predicted molar refractivity (Wildman–Crippen MR) is 109 cm³/mol. The van der Waals surface area contributed by atoms with Crippen molar-refractivity contribution in [3.63, 3.8) is 0 Å². The summed E-state index contributed by atoms with van der Waals surface area (Å²) in [7, 11) is 0. The van der Waals surface area contributed by atoms with Gasteiger partial charge in [-0.05, 0) is 30.7 Å². The Balaban J connectivity index is 1.57. The van der Waals surface area contributed by atoms with Crippen molar-refractivity contribution in [1.82, 2.24) is 5.01 Å². The number of nitro groups is 1. The summed E-state index contributed by atoms with van der Waals surface area (Å²) in [4.78, 5) is 23.3. The van der Waals surface area contributed by atoms with Crippen LogP contribution < -0.4 is 4.74 Å². The summed E-state index contributed by atoms with van der Waals surface area (Å²) in [5.74, 6) is -1.02. The van der Waals surface area contributed by atoms with Crippen LogP contribution in [-0.4, -0.2) is 28.2 Å². The topological polar surface area (TPSA) is 98.2 Å². The number of ether oxygens (including phenoxy) is 1.